The summed E-state index contributed by atoms with van der Waals surface area (Å²) in [7, 11) is 0. The van der Waals surface area contributed by atoms with E-state index in [-0.39, 0.29) is 28.6 Å². The molecule has 0 heterocycles. The molecule has 1 amide bonds. The summed E-state index contributed by atoms with van der Waals surface area (Å²) in [6, 6.07) is 15.5. The van der Waals surface area contributed by atoms with E-state index in [1.165, 1.54) is 0 Å². The van der Waals surface area contributed by atoms with Gasteiger partial charge in [0.15, 0.2) is 11.6 Å². The van der Waals surface area contributed by atoms with Crippen LogP contribution in [0.5, 0.6) is 11.5 Å². The molecule has 1 aliphatic carbocycles. The molecule has 0 saturated heterocycles. The molecule has 0 radical (unpaired) electrons. The van der Waals surface area contributed by atoms with Gasteiger partial charge in [0.2, 0.25) is 5.75 Å². The molecular formula is C27H29F2N3O3. The number of ether oxygens (including phenoxy) is 1. The van der Waals surface area contributed by atoms with Crippen LogP contribution in [0.4, 0.5) is 25.0 Å². The Morgan fingerprint density at radius 1 is 1.14 bits per heavy atom. The fraction of sp³-hybridized carbons (Fsp3) is 0.296. The van der Waals surface area contributed by atoms with Gasteiger partial charge in [0.05, 0.1) is 11.4 Å². The van der Waals surface area contributed by atoms with Crippen molar-refractivity contribution in [1.29, 1.82) is 0 Å². The number of benzene rings is 3. The summed E-state index contributed by atoms with van der Waals surface area (Å²) in [6.45, 7) is 6.33. The standard InChI is InChI=1S/C27H29F2N3O3/c1-26(2,3)27(18-7-5-4-6-16(18)12-21(27)32-25(33)34)14-15-8-10-17(11-9-15)35-24-19(28)13-20(30)23(31)22(24)29/h4-11,13,21,32H,12,14,30-31H2,1-3H3,(H,33,34). The average molecular weight is 482 g/mol. The lowest BCUT2D eigenvalue weighted by Crippen LogP contribution is -2.56. The van der Waals surface area contributed by atoms with Gasteiger partial charge in [-0.15, -0.1) is 0 Å². The summed E-state index contributed by atoms with van der Waals surface area (Å²) in [5.41, 5.74) is 12.8. The molecule has 0 bridgehead atoms. The highest BCUT2D eigenvalue weighted by molar-refractivity contribution is 5.67. The van der Waals surface area contributed by atoms with Crippen molar-refractivity contribution in [2.24, 2.45) is 5.41 Å². The Bertz CT molecular complexity index is 1270. The van der Waals surface area contributed by atoms with E-state index >= 15 is 0 Å². The predicted octanol–water partition coefficient (Wildman–Crippen LogP) is 5.64. The van der Waals surface area contributed by atoms with Gasteiger partial charge in [-0.1, -0.05) is 57.2 Å². The molecule has 6 N–H and O–H groups in total. The van der Waals surface area contributed by atoms with Crippen molar-refractivity contribution in [3.63, 3.8) is 0 Å². The summed E-state index contributed by atoms with van der Waals surface area (Å²) in [5.74, 6) is -2.39. The van der Waals surface area contributed by atoms with Crippen LogP contribution in [-0.4, -0.2) is 17.2 Å². The van der Waals surface area contributed by atoms with Crippen molar-refractivity contribution in [3.8, 4) is 11.5 Å². The first-order valence-corrected chi connectivity index (χ1v) is 11.3. The number of nitrogen functional groups attached to an aromatic ring is 2. The van der Waals surface area contributed by atoms with Gasteiger partial charge in [0.1, 0.15) is 5.75 Å². The van der Waals surface area contributed by atoms with Crippen LogP contribution in [0.25, 0.3) is 0 Å². The Labute approximate surface area is 202 Å². The molecule has 1 aliphatic rings. The predicted molar refractivity (Wildman–Crippen MR) is 132 cm³/mol. The first kappa shape index (κ1) is 24.3. The van der Waals surface area contributed by atoms with Crippen LogP contribution >= 0.6 is 0 Å². The third kappa shape index (κ3) is 4.24. The van der Waals surface area contributed by atoms with E-state index < -0.39 is 28.9 Å². The number of hydrogen-bond acceptors (Lipinski definition) is 4. The van der Waals surface area contributed by atoms with E-state index in [9.17, 15) is 18.7 Å². The second kappa shape index (κ2) is 8.76. The molecule has 0 aromatic heterocycles. The maximum absolute atomic E-state index is 14.4. The number of halogens is 2. The van der Waals surface area contributed by atoms with Crippen molar-refractivity contribution in [2.75, 3.05) is 11.5 Å². The summed E-state index contributed by atoms with van der Waals surface area (Å²) >= 11 is 0. The summed E-state index contributed by atoms with van der Waals surface area (Å²) in [4.78, 5) is 11.7. The Kier molecular flexibility index (Phi) is 6.09. The number of nitrogens with one attached hydrogen (secondary N) is 1. The number of fused-ring (bicyclic) bond motifs is 1. The minimum atomic E-state index is -1.06. The molecule has 2 atom stereocenters. The minimum absolute atomic E-state index is 0.198. The van der Waals surface area contributed by atoms with Crippen LogP contribution in [0.1, 0.15) is 37.5 Å². The zero-order valence-corrected chi connectivity index (χ0v) is 19.9. The van der Waals surface area contributed by atoms with Gasteiger partial charge in [-0.2, -0.15) is 0 Å². The van der Waals surface area contributed by atoms with Gasteiger partial charge in [0, 0.05) is 17.5 Å². The van der Waals surface area contributed by atoms with E-state index in [0.29, 0.717) is 12.8 Å². The lowest BCUT2D eigenvalue weighted by atomic mass is 9.58. The molecular weight excluding hydrogens is 452 g/mol. The van der Waals surface area contributed by atoms with Gasteiger partial charge in [-0.05, 0) is 47.1 Å². The van der Waals surface area contributed by atoms with E-state index in [1.807, 2.05) is 30.3 Å². The molecule has 0 fully saturated rings. The lowest BCUT2D eigenvalue weighted by molar-refractivity contribution is 0.128. The molecule has 0 spiro atoms. The number of hydrogen-bond donors (Lipinski definition) is 4. The largest absolute Gasteiger partial charge is 0.465 e. The quantitative estimate of drug-likeness (QED) is 0.353. The highest BCUT2D eigenvalue weighted by Crippen LogP contribution is 2.52. The van der Waals surface area contributed by atoms with E-state index in [1.54, 1.807) is 12.1 Å². The molecule has 6 nitrogen and oxygen atoms in total. The molecule has 0 aliphatic heterocycles. The fourth-order valence-corrected chi connectivity index (χ4v) is 5.29. The van der Waals surface area contributed by atoms with Crippen molar-refractivity contribution in [2.45, 2.75) is 45.1 Å². The van der Waals surface area contributed by atoms with Gasteiger partial charge >= 0.3 is 6.09 Å². The Balaban J connectivity index is 1.69. The highest BCUT2D eigenvalue weighted by Gasteiger charge is 2.54. The zero-order chi connectivity index (χ0) is 25.5. The number of carboxylic acid groups (broad SMARTS) is 1. The van der Waals surface area contributed by atoms with E-state index in [0.717, 1.165) is 22.8 Å². The molecule has 8 heteroatoms. The fourth-order valence-electron chi connectivity index (χ4n) is 5.29. The average Bonchev–Trinajstić information content (AvgIpc) is 3.09. The van der Waals surface area contributed by atoms with Crippen LogP contribution in [0.15, 0.2) is 54.6 Å². The first-order chi connectivity index (χ1) is 16.4. The van der Waals surface area contributed by atoms with Crippen molar-refractivity contribution in [1.82, 2.24) is 5.32 Å². The lowest BCUT2D eigenvalue weighted by Gasteiger charge is -2.47. The summed E-state index contributed by atoms with van der Waals surface area (Å²) in [6.07, 6.45) is 0.0842. The van der Waals surface area contributed by atoms with Gasteiger partial charge < -0.3 is 26.6 Å². The number of anilines is 2. The topological polar surface area (TPSA) is 111 Å². The van der Waals surface area contributed by atoms with Crippen LogP contribution in [0.2, 0.25) is 0 Å². The maximum Gasteiger partial charge on any atom is 0.404 e. The van der Waals surface area contributed by atoms with Crippen molar-refractivity contribution >= 4 is 17.5 Å². The SMILES string of the molecule is CC(C)(C)C1(Cc2ccc(Oc3c(F)cc(N)c(N)c3F)cc2)c2ccccc2CC1NC(=O)O. The monoisotopic (exact) mass is 481 g/mol. The molecule has 0 saturated carbocycles. The van der Waals surface area contributed by atoms with Gasteiger partial charge in [-0.25, -0.2) is 13.6 Å². The van der Waals surface area contributed by atoms with Crippen LogP contribution in [0, 0.1) is 17.0 Å². The van der Waals surface area contributed by atoms with Crippen LogP contribution in [0.3, 0.4) is 0 Å². The van der Waals surface area contributed by atoms with Gasteiger partial charge in [0.25, 0.3) is 0 Å². The molecule has 3 aromatic carbocycles. The normalized spacial score (nSPS) is 19.3. The summed E-state index contributed by atoms with van der Waals surface area (Å²) in [5, 5.41) is 12.3. The van der Waals surface area contributed by atoms with Crippen LogP contribution < -0.4 is 21.5 Å². The first-order valence-electron chi connectivity index (χ1n) is 11.3. The highest BCUT2D eigenvalue weighted by atomic mass is 19.1. The molecule has 3 aromatic rings. The second-order valence-electron chi connectivity index (χ2n) is 10.0. The Morgan fingerprint density at radius 2 is 1.80 bits per heavy atom. The van der Waals surface area contributed by atoms with Gasteiger partial charge in [-0.3, -0.25) is 0 Å². The van der Waals surface area contributed by atoms with Crippen LogP contribution in [-0.2, 0) is 18.3 Å². The van der Waals surface area contributed by atoms with Crippen molar-refractivity contribution in [3.05, 3.63) is 82.9 Å². The third-order valence-electron chi connectivity index (χ3n) is 7.03. The van der Waals surface area contributed by atoms with E-state index in [4.69, 9.17) is 16.2 Å². The molecule has 2 unspecified atom stereocenters. The second-order valence-corrected chi connectivity index (χ2v) is 10.0. The number of amides is 1. The maximum atomic E-state index is 14.4. The number of carbonyl (C=O) groups is 1. The molecule has 35 heavy (non-hydrogen) atoms. The summed E-state index contributed by atoms with van der Waals surface area (Å²) < 4.78 is 34.1. The zero-order valence-electron chi connectivity index (χ0n) is 19.9. The third-order valence-corrected chi connectivity index (χ3v) is 7.03. The smallest absolute Gasteiger partial charge is 0.404 e. The van der Waals surface area contributed by atoms with E-state index in [2.05, 4.69) is 32.2 Å². The number of rotatable bonds is 5. The Morgan fingerprint density at radius 3 is 2.43 bits per heavy atom. The Hall–Kier alpha value is -3.81. The number of nitrogens with two attached hydrogens (primary N) is 2. The molecule has 184 valence electrons. The minimum Gasteiger partial charge on any atom is -0.465 e. The van der Waals surface area contributed by atoms with Crippen molar-refractivity contribution < 1.29 is 23.4 Å². The molecule has 4 rings (SSSR count).